The number of urea groups is 1. The molecule has 31 heavy (non-hydrogen) atoms. The Bertz CT molecular complexity index is 1070. The zero-order valence-corrected chi connectivity index (χ0v) is 16.8. The van der Waals surface area contributed by atoms with E-state index in [1.165, 1.54) is 30.3 Å². The lowest BCUT2D eigenvalue weighted by atomic mass is 10.1. The Hall–Kier alpha value is -4.20. The van der Waals surface area contributed by atoms with Gasteiger partial charge < -0.3 is 9.47 Å². The van der Waals surface area contributed by atoms with Gasteiger partial charge in [0.25, 0.3) is 11.8 Å². The number of rotatable bonds is 7. The molecule has 2 aromatic carbocycles. The summed E-state index contributed by atoms with van der Waals surface area (Å²) < 4.78 is 10.5. The van der Waals surface area contributed by atoms with Crippen molar-refractivity contribution in [1.82, 2.24) is 5.32 Å². The SMILES string of the molecule is C=CCOc1ccccc1/C=C1\C(=O)NC(=O)N(c2ccc(C(=O)OCC)cc2)C1=O. The summed E-state index contributed by atoms with van der Waals surface area (Å²) in [6.45, 7) is 5.75. The number of imide groups is 2. The van der Waals surface area contributed by atoms with Gasteiger partial charge in [0.2, 0.25) is 0 Å². The van der Waals surface area contributed by atoms with Gasteiger partial charge >= 0.3 is 12.0 Å². The van der Waals surface area contributed by atoms with Crippen LogP contribution in [0.1, 0.15) is 22.8 Å². The van der Waals surface area contributed by atoms with Crippen molar-refractivity contribution < 1.29 is 28.7 Å². The lowest BCUT2D eigenvalue weighted by Gasteiger charge is -2.26. The summed E-state index contributed by atoms with van der Waals surface area (Å²) in [5.74, 6) is -1.67. The van der Waals surface area contributed by atoms with E-state index in [9.17, 15) is 19.2 Å². The molecule has 1 N–H and O–H groups in total. The number of para-hydroxylation sites is 1. The zero-order chi connectivity index (χ0) is 22.4. The molecule has 0 radical (unpaired) electrons. The highest BCUT2D eigenvalue weighted by atomic mass is 16.5. The fourth-order valence-corrected chi connectivity index (χ4v) is 2.89. The first-order valence-corrected chi connectivity index (χ1v) is 9.47. The number of ether oxygens (including phenoxy) is 2. The lowest BCUT2D eigenvalue weighted by molar-refractivity contribution is -0.122. The van der Waals surface area contributed by atoms with Crippen molar-refractivity contribution in [1.29, 1.82) is 0 Å². The van der Waals surface area contributed by atoms with Gasteiger partial charge in [-0.25, -0.2) is 14.5 Å². The molecule has 158 valence electrons. The second kappa shape index (κ2) is 9.53. The van der Waals surface area contributed by atoms with Crippen molar-refractivity contribution in [2.24, 2.45) is 0 Å². The van der Waals surface area contributed by atoms with Gasteiger partial charge in [-0.1, -0.05) is 30.9 Å². The first-order valence-electron chi connectivity index (χ1n) is 9.47. The number of anilines is 1. The number of hydrogen-bond acceptors (Lipinski definition) is 6. The summed E-state index contributed by atoms with van der Waals surface area (Å²) >= 11 is 0. The molecule has 0 spiro atoms. The predicted octanol–water partition coefficient (Wildman–Crippen LogP) is 3.09. The Morgan fingerprint density at radius 2 is 1.81 bits per heavy atom. The molecule has 1 fully saturated rings. The van der Waals surface area contributed by atoms with Gasteiger partial charge in [-0.15, -0.1) is 0 Å². The summed E-state index contributed by atoms with van der Waals surface area (Å²) in [4.78, 5) is 50.4. The topological polar surface area (TPSA) is 102 Å². The van der Waals surface area contributed by atoms with Gasteiger partial charge in [0.1, 0.15) is 17.9 Å². The number of carbonyl (C=O) groups excluding carboxylic acids is 4. The molecule has 1 heterocycles. The van der Waals surface area contributed by atoms with Crippen LogP contribution < -0.4 is 15.0 Å². The Morgan fingerprint density at radius 1 is 1.10 bits per heavy atom. The van der Waals surface area contributed by atoms with Crippen molar-refractivity contribution in [2.45, 2.75) is 6.92 Å². The van der Waals surface area contributed by atoms with E-state index < -0.39 is 23.8 Å². The van der Waals surface area contributed by atoms with E-state index >= 15 is 0 Å². The van der Waals surface area contributed by atoms with Gasteiger partial charge in [0, 0.05) is 5.56 Å². The van der Waals surface area contributed by atoms with Crippen LogP contribution in [0.25, 0.3) is 6.08 Å². The normalized spacial score (nSPS) is 14.9. The summed E-state index contributed by atoms with van der Waals surface area (Å²) in [5, 5.41) is 2.16. The maximum absolute atomic E-state index is 13.0. The van der Waals surface area contributed by atoms with E-state index in [4.69, 9.17) is 9.47 Å². The Balaban J connectivity index is 1.93. The minimum atomic E-state index is -0.882. The van der Waals surface area contributed by atoms with Crippen molar-refractivity contribution in [3.8, 4) is 5.75 Å². The fraction of sp³-hybridized carbons (Fsp3) is 0.130. The van der Waals surface area contributed by atoms with Crippen LogP contribution in [0.15, 0.2) is 66.8 Å². The minimum absolute atomic E-state index is 0.199. The molecule has 0 aliphatic carbocycles. The Morgan fingerprint density at radius 3 is 2.48 bits per heavy atom. The third-order valence-corrected chi connectivity index (χ3v) is 4.31. The van der Waals surface area contributed by atoms with E-state index in [0.717, 1.165) is 4.90 Å². The number of esters is 1. The number of carbonyl (C=O) groups is 4. The highest BCUT2D eigenvalue weighted by molar-refractivity contribution is 6.39. The van der Waals surface area contributed by atoms with E-state index in [1.807, 2.05) is 0 Å². The molecule has 0 atom stereocenters. The van der Waals surface area contributed by atoms with Crippen LogP contribution in [0.2, 0.25) is 0 Å². The number of amides is 4. The predicted molar refractivity (Wildman–Crippen MR) is 114 cm³/mol. The highest BCUT2D eigenvalue weighted by Crippen LogP contribution is 2.25. The van der Waals surface area contributed by atoms with Crippen LogP contribution in [0, 0.1) is 0 Å². The Labute approximate surface area is 178 Å². The van der Waals surface area contributed by atoms with Crippen LogP contribution in [0.3, 0.4) is 0 Å². The second-order valence-corrected chi connectivity index (χ2v) is 6.36. The van der Waals surface area contributed by atoms with Crippen LogP contribution in [0.5, 0.6) is 5.75 Å². The smallest absolute Gasteiger partial charge is 0.338 e. The maximum atomic E-state index is 13.0. The molecule has 1 aliphatic rings. The quantitative estimate of drug-likeness (QED) is 0.320. The molecule has 8 nitrogen and oxygen atoms in total. The molecule has 1 aliphatic heterocycles. The van der Waals surface area contributed by atoms with E-state index in [-0.39, 0.29) is 30.0 Å². The molecule has 0 unspecified atom stereocenters. The van der Waals surface area contributed by atoms with E-state index in [1.54, 1.807) is 37.3 Å². The van der Waals surface area contributed by atoms with Gasteiger partial charge in [0.15, 0.2) is 0 Å². The summed E-state index contributed by atoms with van der Waals surface area (Å²) in [5.41, 5.74) is 0.735. The summed E-state index contributed by atoms with van der Waals surface area (Å²) in [6.07, 6.45) is 2.94. The summed E-state index contributed by atoms with van der Waals surface area (Å²) in [7, 11) is 0. The molecule has 1 saturated heterocycles. The third kappa shape index (κ3) is 4.69. The van der Waals surface area contributed by atoms with Crippen molar-refractivity contribution in [2.75, 3.05) is 18.1 Å². The second-order valence-electron chi connectivity index (χ2n) is 6.36. The van der Waals surface area contributed by atoms with Gasteiger partial charge in [-0.2, -0.15) is 0 Å². The fourth-order valence-electron chi connectivity index (χ4n) is 2.89. The van der Waals surface area contributed by atoms with Crippen LogP contribution in [0.4, 0.5) is 10.5 Å². The van der Waals surface area contributed by atoms with E-state index in [2.05, 4.69) is 11.9 Å². The molecule has 0 saturated carbocycles. The lowest BCUT2D eigenvalue weighted by Crippen LogP contribution is -2.54. The molecule has 8 heteroatoms. The number of barbiturate groups is 1. The average Bonchev–Trinajstić information content (AvgIpc) is 2.76. The number of nitrogens with one attached hydrogen (secondary N) is 1. The van der Waals surface area contributed by atoms with Crippen LogP contribution in [-0.4, -0.2) is 37.0 Å². The number of nitrogens with zero attached hydrogens (tertiary/aromatic N) is 1. The van der Waals surface area contributed by atoms with Crippen molar-refractivity contribution in [3.05, 3.63) is 77.9 Å². The monoisotopic (exact) mass is 420 g/mol. The minimum Gasteiger partial charge on any atom is -0.489 e. The first kappa shape index (κ1) is 21.5. The largest absolute Gasteiger partial charge is 0.489 e. The molecular weight excluding hydrogens is 400 g/mol. The van der Waals surface area contributed by atoms with Crippen LogP contribution in [-0.2, 0) is 14.3 Å². The van der Waals surface area contributed by atoms with Gasteiger partial charge in [-0.3, -0.25) is 14.9 Å². The van der Waals surface area contributed by atoms with Crippen molar-refractivity contribution in [3.63, 3.8) is 0 Å². The highest BCUT2D eigenvalue weighted by Gasteiger charge is 2.37. The van der Waals surface area contributed by atoms with Crippen LogP contribution >= 0.6 is 0 Å². The molecule has 0 aromatic heterocycles. The maximum Gasteiger partial charge on any atom is 0.338 e. The van der Waals surface area contributed by atoms with Crippen molar-refractivity contribution >= 4 is 35.6 Å². The Kier molecular flexibility index (Phi) is 6.61. The average molecular weight is 420 g/mol. The molecule has 0 bridgehead atoms. The zero-order valence-electron chi connectivity index (χ0n) is 16.8. The first-order chi connectivity index (χ1) is 15.0. The van der Waals surface area contributed by atoms with E-state index in [0.29, 0.717) is 11.3 Å². The molecule has 3 rings (SSSR count). The molecular formula is C23H20N2O6. The number of hydrogen-bond donors (Lipinski definition) is 1. The van der Waals surface area contributed by atoms with Gasteiger partial charge in [-0.05, 0) is 43.3 Å². The standard InChI is InChI=1S/C23H20N2O6/c1-3-13-31-19-8-6-5-7-16(19)14-18-20(26)24-23(29)25(21(18)27)17-11-9-15(10-12-17)22(28)30-4-2/h3,5-12,14H,1,4,13H2,2H3,(H,24,26,29)/b18-14+. The molecule has 2 aromatic rings. The third-order valence-electron chi connectivity index (χ3n) is 4.31. The molecule has 4 amide bonds. The summed E-state index contributed by atoms with van der Waals surface area (Å²) in [6, 6.07) is 11.7. The number of benzene rings is 2. The van der Waals surface area contributed by atoms with Gasteiger partial charge in [0.05, 0.1) is 17.9 Å².